The normalized spacial score (nSPS) is 12.7. The van der Waals surface area contributed by atoms with Crippen LogP contribution in [0.1, 0.15) is 29.8 Å². The zero-order valence-corrected chi connectivity index (χ0v) is 11.7. The van der Waals surface area contributed by atoms with Gasteiger partial charge in [0.1, 0.15) is 0 Å². The number of aryl methyl sites for hydroxylation is 2. The summed E-state index contributed by atoms with van der Waals surface area (Å²) >= 11 is 5.88. The van der Waals surface area contributed by atoms with E-state index in [1.807, 2.05) is 30.8 Å². The van der Waals surface area contributed by atoms with Crippen LogP contribution in [0.3, 0.4) is 0 Å². The molecule has 0 spiro atoms. The van der Waals surface area contributed by atoms with Gasteiger partial charge in [0.05, 0.1) is 5.69 Å². The molecule has 3 nitrogen and oxygen atoms in total. The van der Waals surface area contributed by atoms with Gasteiger partial charge in [0.2, 0.25) is 0 Å². The van der Waals surface area contributed by atoms with Gasteiger partial charge in [-0.05, 0) is 31.5 Å². The van der Waals surface area contributed by atoms with Crippen molar-refractivity contribution in [1.82, 2.24) is 15.1 Å². The highest BCUT2D eigenvalue weighted by atomic mass is 35.5. The van der Waals surface area contributed by atoms with Gasteiger partial charge in [-0.15, -0.1) is 0 Å². The zero-order valence-electron chi connectivity index (χ0n) is 10.9. The first-order valence-electron chi connectivity index (χ1n) is 6.04. The van der Waals surface area contributed by atoms with Gasteiger partial charge in [0.15, 0.2) is 0 Å². The summed E-state index contributed by atoms with van der Waals surface area (Å²) in [7, 11) is 1.94. The number of aromatic nitrogens is 2. The molecule has 1 heterocycles. The molecule has 0 unspecified atom stereocenters. The third kappa shape index (κ3) is 3.12. The smallest absolute Gasteiger partial charge is 0.0638 e. The van der Waals surface area contributed by atoms with Crippen LogP contribution in [0.2, 0.25) is 5.02 Å². The van der Waals surface area contributed by atoms with Gasteiger partial charge in [-0.3, -0.25) is 4.68 Å². The summed E-state index contributed by atoms with van der Waals surface area (Å²) < 4.78 is 1.85. The summed E-state index contributed by atoms with van der Waals surface area (Å²) in [5.74, 6) is 0. The molecule has 18 heavy (non-hydrogen) atoms. The van der Waals surface area contributed by atoms with Crippen molar-refractivity contribution >= 4 is 11.6 Å². The lowest BCUT2D eigenvalue weighted by Crippen LogP contribution is -2.18. The van der Waals surface area contributed by atoms with Gasteiger partial charge in [-0.2, -0.15) is 5.10 Å². The Morgan fingerprint density at radius 2 is 2.00 bits per heavy atom. The van der Waals surface area contributed by atoms with Gasteiger partial charge in [-0.1, -0.05) is 23.7 Å². The predicted octanol–water partition coefficient (Wildman–Crippen LogP) is 3.23. The van der Waals surface area contributed by atoms with E-state index in [0.717, 1.165) is 17.3 Å². The summed E-state index contributed by atoms with van der Waals surface area (Å²) in [6.45, 7) is 5.00. The van der Waals surface area contributed by atoms with Crippen molar-refractivity contribution in [3.8, 4) is 0 Å². The van der Waals surface area contributed by atoms with Crippen LogP contribution in [0.4, 0.5) is 0 Å². The average molecular weight is 264 g/mol. The quantitative estimate of drug-likeness (QED) is 0.918. The Hall–Kier alpha value is -1.32. The number of hydrogen-bond donors (Lipinski definition) is 1. The maximum Gasteiger partial charge on any atom is 0.0638 e. The van der Waals surface area contributed by atoms with E-state index in [0.29, 0.717) is 6.04 Å². The minimum Gasteiger partial charge on any atom is -0.306 e. The molecule has 0 aliphatic rings. The molecule has 0 amide bonds. The van der Waals surface area contributed by atoms with Crippen molar-refractivity contribution in [2.75, 3.05) is 0 Å². The second kappa shape index (κ2) is 5.55. The number of hydrogen-bond acceptors (Lipinski definition) is 2. The Morgan fingerprint density at radius 3 is 2.56 bits per heavy atom. The molecule has 0 bridgehead atoms. The Labute approximate surface area is 113 Å². The van der Waals surface area contributed by atoms with Crippen LogP contribution in [-0.2, 0) is 13.6 Å². The van der Waals surface area contributed by atoms with E-state index < -0.39 is 0 Å². The maximum absolute atomic E-state index is 5.88. The largest absolute Gasteiger partial charge is 0.306 e. The van der Waals surface area contributed by atoms with Crippen LogP contribution in [0.15, 0.2) is 30.5 Å². The van der Waals surface area contributed by atoms with Crippen molar-refractivity contribution < 1.29 is 0 Å². The van der Waals surface area contributed by atoms with E-state index in [1.54, 1.807) is 0 Å². The zero-order chi connectivity index (χ0) is 13.1. The Bertz CT molecular complexity index is 516. The molecule has 0 fully saturated rings. The van der Waals surface area contributed by atoms with Crippen LogP contribution in [0, 0.1) is 6.92 Å². The van der Waals surface area contributed by atoms with Crippen LogP contribution >= 0.6 is 11.6 Å². The van der Waals surface area contributed by atoms with Crippen LogP contribution in [0.25, 0.3) is 0 Å². The van der Waals surface area contributed by atoms with Gasteiger partial charge in [0.25, 0.3) is 0 Å². The molecule has 1 aromatic heterocycles. The summed E-state index contributed by atoms with van der Waals surface area (Å²) in [6, 6.07) is 8.24. The van der Waals surface area contributed by atoms with Gasteiger partial charge in [0, 0.05) is 36.4 Å². The molecule has 0 radical (unpaired) electrons. The number of rotatable bonds is 4. The molecular weight excluding hydrogens is 246 g/mol. The van der Waals surface area contributed by atoms with E-state index in [9.17, 15) is 0 Å². The SMILES string of the molecule is Cc1nn(C)cc1CN[C@H](C)c1ccc(Cl)cc1. The fraction of sp³-hybridized carbons (Fsp3) is 0.357. The van der Waals surface area contributed by atoms with Gasteiger partial charge >= 0.3 is 0 Å². The van der Waals surface area contributed by atoms with E-state index in [2.05, 4.69) is 35.7 Å². The predicted molar refractivity (Wildman–Crippen MR) is 74.7 cm³/mol. The van der Waals surface area contributed by atoms with E-state index in [-0.39, 0.29) is 0 Å². The lowest BCUT2D eigenvalue weighted by molar-refractivity contribution is 0.573. The topological polar surface area (TPSA) is 29.9 Å². The third-order valence-corrected chi connectivity index (χ3v) is 3.34. The number of nitrogens with zero attached hydrogens (tertiary/aromatic N) is 2. The van der Waals surface area contributed by atoms with Crippen molar-refractivity contribution in [3.05, 3.63) is 52.3 Å². The first-order chi connectivity index (χ1) is 8.56. The summed E-state index contributed by atoms with van der Waals surface area (Å²) in [4.78, 5) is 0. The number of nitrogens with one attached hydrogen (secondary N) is 1. The molecule has 2 aromatic rings. The highest BCUT2D eigenvalue weighted by molar-refractivity contribution is 6.30. The first-order valence-corrected chi connectivity index (χ1v) is 6.42. The van der Waals surface area contributed by atoms with Crippen molar-refractivity contribution in [3.63, 3.8) is 0 Å². The van der Waals surface area contributed by atoms with Crippen LogP contribution < -0.4 is 5.32 Å². The van der Waals surface area contributed by atoms with Crippen molar-refractivity contribution in [2.24, 2.45) is 7.05 Å². The van der Waals surface area contributed by atoms with Crippen LogP contribution in [0.5, 0.6) is 0 Å². The molecule has 2 rings (SSSR count). The minimum atomic E-state index is 0.293. The lowest BCUT2D eigenvalue weighted by atomic mass is 10.1. The molecule has 0 saturated heterocycles. The Balaban J connectivity index is 1.98. The first kappa shape index (κ1) is 13.1. The van der Waals surface area contributed by atoms with E-state index in [4.69, 9.17) is 11.6 Å². The third-order valence-electron chi connectivity index (χ3n) is 3.08. The highest BCUT2D eigenvalue weighted by Gasteiger charge is 2.07. The molecule has 1 aromatic carbocycles. The van der Waals surface area contributed by atoms with E-state index >= 15 is 0 Å². The van der Waals surface area contributed by atoms with E-state index in [1.165, 1.54) is 11.1 Å². The molecule has 0 aliphatic carbocycles. The summed E-state index contributed by atoms with van der Waals surface area (Å²) in [6.07, 6.45) is 2.05. The monoisotopic (exact) mass is 263 g/mol. The fourth-order valence-corrected chi connectivity index (χ4v) is 2.08. The maximum atomic E-state index is 5.88. The average Bonchev–Trinajstić information content (AvgIpc) is 2.66. The molecule has 4 heteroatoms. The second-order valence-electron chi connectivity index (χ2n) is 4.57. The lowest BCUT2D eigenvalue weighted by Gasteiger charge is -2.14. The summed E-state index contributed by atoms with van der Waals surface area (Å²) in [5, 5.41) is 8.60. The summed E-state index contributed by atoms with van der Waals surface area (Å²) in [5.41, 5.74) is 3.55. The van der Waals surface area contributed by atoms with Crippen LogP contribution in [-0.4, -0.2) is 9.78 Å². The number of halogens is 1. The molecule has 0 aliphatic heterocycles. The Morgan fingerprint density at radius 1 is 1.33 bits per heavy atom. The standard InChI is InChI=1S/C14H18ClN3/c1-10(12-4-6-14(15)7-5-12)16-8-13-9-18(3)17-11(13)2/h4-7,9-10,16H,8H2,1-3H3/t10-/m1/s1. The molecule has 1 N–H and O–H groups in total. The molecule has 96 valence electrons. The molecular formula is C14H18ClN3. The van der Waals surface area contributed by atoms with Gasteiger partial charge < -0.3 is 5.32 Å². The van der Waals surface area contributed by atoms with Gasteiger partial charge in [-0.25, -0.2) is 0 Å². The molecule has 0 saturated carbocycles. The number of benzene rings is 1. The molecule has 1 atom stereocenters. The van der Waals surface area contributed by atoms with Crippen molar-refractivity contribution in [2.45, 2.75) is 26.4 Å². The highest BCUT2D eigenvalue weighted by Crippen LogP contribution is 2.16. The fourth-order valence-electron chi connectivity index (χ4n) is 1.95. The Kier molecular flexibility index (Phi) is 4.04. The second-order valence-corrected chi connectivity index (χ2v) is 5.00. The van der Waals surface area contributed by atoms with Crippen molar-refractivity contribution in [1.29, 1.82) is 0 Å². The minimum absolute atomic E-state index is 0.293.